The highest BCUT2D eigenvalue weighted by Gasteiger charge is 1.98. The first kappa shape index (κ1) is 7.74. The number of carbonyl (C=O) groups is 1. The van der Waals surface area contributed by atoms with Gasteiger partial charge < -0.3 is 9.57 Å². The minimum absolute atomic E-state index is 0.249. The molecule has 9 heavy (non-hydrogen) atoms. The molecular formula is C4H7N2O3. The summed E-state index contributed by atoms with van der Waals surface area (Å²) >= 11 is 0. The standard InChI is InChI=1S/C4H7N2O3/c1-2-8-4(7)9-6-3-5/h2H2,1H3,(H2,5,6). The van der Waals surface area contributed by atoms with Gasteiger partial charge in [-0.15, -0.1) is 0 Å². The van der Waals surface area contributed by atoms with E-state index in [-0.39, 0.29) is 6.61 Å². The largest absolute Gasteiger partial charge is 0.533 e. The van der Waals surface area contributed by atoms with E-state index < -0.39 is 6.16 Å². The molecule has 0 saturated heterocycles. The smallest absolute Gasteiger partial charge is 0.433 e. The maximum Gasteiger partial charge on any atom is 0.533 e. The molecule has 0 rings (SSSR count). The first-order valence-electron chi connectivity index (χ1n) is 2.31. The van der Waals surface area contributed by atoms with E-state index in [9.17, 15) is 4.79 Å². The van der Waals surface area contributed by atoms with Gasteiger partial charge in [-0.2, -0.15) is 5.48 Å². The van der Waals surface area contributed by atoms with Crippen LogP contribution in [0.1, 0.15) is 6.92 Å². The van der Waals surface area contributed by atoms with Crippen molar-refractivity contribution >= 4 is 12.5 Å². The molecule has 0 spiro atoms. The Kier molecular flexibility index (Phi) is 4.20. The van der Waals surface area contributed by atoms with Gasteiger partial charge in [-0.1, -0.05) is 0 Å². The van der Waals surface area contributed by atoms with E-state index in [1.807, 2.05) is 0 Å². The molecule has 0 aliphatic heterocycles. The average Bonchev–Trinajstić information content (AvgIpc) is 1.85. The molecule has 0 saturated carbocycles. The molecule has 0 fully saturated rings. The maximum atomic E-state index is 10.2. The quantitative estimate of drug-likeness (QED) is 0.188. The summed E-state index contributed by atoms with van der Waals surface area (Å²) in [6.07, 6.45) is 0.770. The Balaban J connectivity index is 3.16. The fourth-order valence-electron chi connectivity index (χ4n) is 0.214. The van der Waals surface area contributed by atoms with E-state index >= 15 is 0 Å². The minimum Gasteiger partial charge on any atom is -0.433 e. The highest BCUT2D eigenvalue weighted by Crippen LogP contribution is 1.78. The van der Waals surface area contributed by atoms with Gasteiger partial charge >= 0.3 is 6.16 Å². The topological polar surface area (TPSA) is 71.4 Å². The third-order valence-corrected chi connectivity index (χ3v) is 0.448. The summed E-state index contributed by atoms with van der Waals surface area (Å²) in [5.41, 5.74) is 1.77. The van der Waals surface area contributed by atoms with Crippen molar-refractivity contribution in [1.82, 2.24) is 5.48 Å². The number of ether oxygens (including phenoxy) is 1. The van der Waals surface area contributed by atoms with Crippen molar-refractivity contribution in [3.05, 3.63) is 0 Å². The van der Waals surface area contributed by atoms with E-state index in [4.69, 9.17) is 5.41 Å². The van der Waals surface area contributed by atoms with Crippen LogP contribution in [0.5, 0.6) is 0 Å². The minimum atomic E-state index is -0.864. The lowest BCUT2D eigenvalue weighted by Crippen LogP contribution is -2.18. The predicted molar refractivity (Wildman–Crippen MR) is 29.0 cm³/mol. The van der Waals surface area contributed by atoms with Crippen molar-refractivity contribution in [2.75, 3.05) is 6.61 Å². The molecule has 0 unspecified atom stereocenters. The number of rotatable bonds is 3. The summed E-state index contributed by atoms with van der Waals surface area (Å²) in [6.45, 7) is 1.90. The van der Waals surface area contributed by atoms with Crippen LogP contribution in [0.25, 0.3) is 0 Å². The van der Waals surface area contributed by atoms with Crippen LogP contribution >= 0.6 is 0 Å². The third kappa shape index (κ3) is 4.60. The van der Waals surface area contributed by atoms with Gasteiger partial charge in [0.15, 0.2) is 6.34 Å². The zero-order valence-corrected chi connectivity index (χ0v) is 4.93. The van der Waals surface area contributed by atoms with Gasteiger partial charge in [0.05, 0.1) is 6.61 Å². The van der Waals surface area contributed by atoms with Crippen LogP contribution in [-0.2, 0) is 9.57 Å². The number of hydroxylamine groups is 1. The monoisotopic (exact) mass is 131 g/mol. The summed E-state index contributed by atoms with van der Waals surface area (Å²) in [4.78, 5) is 14.2. The molecule has 0 heterocycles. The van der Waals surface area contributed by atoms with Crippen molar-refractivity contribution < 1.29 is 14.4 Å². The Morgan fingerprint density at radius 2 is 2.56 bits per heavy atom. The van der Waals surface area contributed by atoms with Gasteiger partial charge in [0.2, 0.25) is 0 Å². The Morgan fingerprint density at radius 3 is 3.00 bits per heavy atom. The highest BCUT2D eigenvalue weighted by atomic mass is 16.8. The molecule has 0 aliphatic carbocycles. The van der Waals surface area contributed by atoms with Crippen LogP contribution < -0.4 is 5.48 Å². The molecule has 0 bridgehead atoms. The summed E-state index contributed by atoms with van der Waals surface area (Å²) in [5.74, 6) is 0. The molecular weight excluding hydrogens is 124 g/mol. The second kappa shape index (κ2) is 4.89. The van der Waals surface area contributed by atoms with Gasteiger partial charge in [0, 0.05) is 0 Å². The summed E-state index contributed by atoms with van der Waals surface area (Å²) in [7, 11) is 0. The highest BCUT2D eigenvalue weighted by molar-refractivity contribution is 5.61. The zero-order chi connectivity index (χ0) is 7.11. The van der Waals surface area contributed by atoms with E-state index in [1.54, 1.807) is 18.7 Å². The number of nitrogens with one attached hydrogen (secondary N) is 2. The van der Waals surface area contributed by atoms with Crippen LogP contribution in [0, 0.1) is 5.41 Å². The van der Waals surface area contributed by atoms with Crippen molar-refractivity contribution in [3.63, 3.8) is 0 Å². The maximum absolute atomic E-state index is 10.2. The molecule has 0 atom stereocenters. The van der Waals surface area contributed by atoms with Crippen LogP contribution in [0.15, 0.2) is 0 Å². The lowest BCUT2D eigenvalue weighted by Gasteiger charge is -1.98. The van der Waals surface area contributed by atoms with E-state index in [0.717, 1.165) is 0 Å². The lowest BCUT2D eigenvalue weighted by atomic mass is 10.9. The van der Waals surface area contributed by atoms with Crippen LogP contribution in [-0.4, -0.2) is 19.1 Å². The summed E-state index contributed by atoms with van der Waals surface area (Å²) in [6, 6.07) is 0. The normalized spacial score (nSPS) is 7.67. The second-order valence-corrected chi connectivity index (χ2v) is 1.01. The lowest BCUT2D eigenvalue weighted by molar-refractivity contribution is 0.0405. The fraction of sp³-hybridized carbons (Fsp3) is 0.500. The second-order valence-electron chi connectivity index (χ2n) is 1.01. The van der Waals surface area contributed by atoms with Gasteiger partial charge in [-0.25, -0.2) is 4.79 Å². The summed E-state index contributed by atoms with van der Waals surface area (Å²) < 4.78 is 4.30. The summed E-state index contributed by atoms with van der Waals surface area (Å²) in [5, 5.41) is 6.23. The van der Waals surface area contributed by atoms with E-state index in [1.165, 1.54) is 0 Å². The third-order valence-electron chi connectivity index (χ3n) is 0.448. The van der Waals surface area contributed by atoms with Crippen LogP contribution in [0.2, 0.25) is 0 Å². The average molecular weight is 131 g/mol. The first-order chi connectivity index (χ1) is 4.31. The Bertz CT molecular complexity index is 104. The molecule has 1 radical (unpaired) electrons. The molecule has 0 aromatic rings. The predicted octanol–water partition coefficient (Wildman–Crippen LogP) is 0.148. The van der Waals surface area contributed by atoms with Gasteiger partial charge in [0.1, 0.15) is 0 Å². The Morgan fingerprint density at radius 1 is 1.89 bits per heavy atom. The van der Waals surface area contributed by atoms with Gasteiger partial charge in [-0.3, -0.25) is 5.41 Å². The first-order valence-corrected chi connectivity index (χ1v) is 2.31. The fourth-order valence-corrected chi connectivity index (χ4v) is 0.214. The van der Waals surface area contributed by atoms with Gasteiger partial charge in [-0.05, 0) is 6.92 Å². The van der Waals surface area contributed by atoms with Crippen molar-refractivity contribution in [3.8, 4) is 0 Å². The SMILES string of the molecule is CCOC(=O)ON[C]=N. The van der Waals surface area contributed by atoms with E-state index in [0.29, 0.717) is 0 Å². The van der Waals surface area contributed by atoms with Crippen molar-refractivity contribution in [1.29, 1.82) is 5.41 Å². The van der Waals surface area contributed by atoms with Crippen molar-refractivity contribution in [2.45, 2.75) is 6.92 Å². The van der Waals surface area contributed by atoms with Crippen LogP contribution in [0.4, 0.5) is 4.79 Å². The Labute approximate surface area is 52.4 Å². The van der Waals surface area contributed by atoms with Gasteiger partial charge in [0.25, 0.3) is 0 Å². The number of hydrogen-bond acceptors (Lipinski definition) is 4. The molecule has 51 valence electrons. The van der Waals surface area contributed by atoms with Crippen LogP contribution in [0.3, 0.4) is 0 Å². The molecule has 5 heteroatoms. The molecule has 2 N–H and O–H groups in total. The van der Waals surface area contributed by atoms with E-state index in [2.05, 4.69) is 9.57 Å². The molecule has 0 aromatic heterocycles. The molecule has 5 nitrogen and oxygen atoms in total. The Hall–Kier alpha value is -1.26. The molecule has 0 amide bonds. The molecule has 0 aromatic carbocycles. The zero-order valence-electron chi connectivity index (χ0n) is 4.93. The van der Waals surface area contributed by atoms with Crippen molar-refractivity contribution in [2.24, 2.45) is 0 Å². The molecule has 0 aliphatic rings. The number of carbonyl (C=O) groups excluding carboxylic acids is 1. The number of hydrogen-bond donors (Lipinski definition) is 2.